The van der Waals surface area contributed by atoms with Gasteiger partial charge in [0.1, 0.15) is 5.75 Å². The van der Waals surface area contributed by atoms with E-state index in [2.05, 4.69) is 15.6 Å². The van der Waals surface area contributed by atoms with E-state index in [9.17, 15) is 9.59 Å². The second-order valence-corrected chi connectivity index (χ2v) is 9.62. The maximum Gasteiger partial charge on any atom is 0.236 e. The van der Waals surface area contributed by atoms with Gasteiger partial charge in [0.2, 0.25) is 11.8 Å². The molecule has 162 valence electrons. The molecular weight excluding hydrogens is 430 g/mol. The van der Waals surface area contributed by atoms with Crippen molar-refractivity contribution in [1.82, 2.24) is 4.98 Å². The van der Waals surface area contributed by atoms with Crippen molar-refractivity contribution in [2.24, 2.45) is 5.92 Å². The molecule has 1 aromatic heterocycles. The normalized spacial score (nSPS) is 14.4. The summed E-state index contributed by atoms with van der Waals surface area (Å²) in [7, 11) is 1.62. The number of aromatic nitrogens is 1. The molecule has 1 aliphatic rings. The van der Waals surface area contributed by atoms with Crippen LogP contribution in [0.4, 0.5) is 10.8 Å². The minimum atomic E-state index is -0.118. The Balaban J connectivity index is 1.31. The van der Waals surface area contributed by atoms with Crippen LogP contribution < -0.4 is 15.4 Å². The molecule has 31 heavy (non-hydrogen) atoms. The molecule has 2 amide bonds. The molecule has 2 N–H and O–H groups in total. The lowest BCUT2D eigenvalue weighted by atomic mass is 9.88. The van der Waals surface area contributed by atoms with Gasteiger partial charge >= 0.3 is 0 Å². The maximum absolute atomic E-state index is 12.5. The summed E-state index contributed by atoms with van der Waals surface area (Å²) >= 11 is 2.85. The lowest BCUT2D eigenvalue weighted by Gasteiger charge is -2.20. The van der Waals surface area contributed by atoms with Crippen LogP contribution in [0.5, 0.6) is 5.75 Å². The van der Waals surface area contributed by atoms with Crippen molar-refractivity contribution in [3.63, 3.8) is 0 Å². The first-order valence-corrected chi connectivity index (χ1v) is 12.2. The summed E-state index contributed by atoms with van der Waals surface area (Å²) in [5.41, 5.74) is 1.61. The van der Waals surface area contributed by atoms with Gasteiger partial charge in [-0.05, 0) is 49.2 Å². The van der Waals surface area contributed by atoms with E-state index >= 15 is 0 Å². The first-order valence-electron chi connectivity index (χ1n) is 10.4. The van der Waals surface area contributed by atoms with Crippen LogP contribution in [0.3, 0.4) is 0 Å². The molecule has 6 nitrogen and oxygen atoms in total. The molecular formula is C23H25N3O3S2. The van der Waals surface area contributed by atoms with Crippen LogP contribution in [-0.4, -0.2) is 29.7 Å². The Morgan fingerprint density at radius 1 is 1.13 bits per heavy atom. The molecule has 0 atom stereocenters. The number of thiazole rings is 1. The Labute approximate surface area is 189 Å². The summed E-state index contributed by atoms with van der Waals surface area (Å²) in [5.74, 6) is 1.13. The van der Waals surface area contributed by atoms with Gasteiger partial charge in [0.25, 0.3) is 0 Å². The number of methoxy groups -OCH3 is 1. The Morgan fingerprint density at radius 3 is 2.77 bits per heavy atom. The number of carbonyl (C=O) groups is 2. The Kier molecular flexibility index (Phi) is 7.09. The van der Waals surface area contributed by atoms with E-state index in [1.165, 1.54) is 29.5 Å². The van der Waals surface area contributed by atoms with E-state index in [1.54, 1.807) is 7.11 Å². The summed E-state index contributed by atoms with van der Waals surface area (Å²) in [6.45, 7) is 0. The topological polar surface area (TPSA) is 80.3 Å². The van der Waals surface area contributed by atoms with Crippen LogP contribution in [-0.2, 0) is 9.59 Å². The van der Waals surface area contributed by atoms with Crippen molar-refractivity contribution >= 4 is 55.9 Å². The second kappa shape index (κ2) is 10.2. The van der Waals surface area contributed by atoms with Gasteiger partial charge in [-0.2, -0.15) is 0 Å². The van der Waals surface area contributed by atoms with E-state index in [1.807, 2.05) is 42.5 Å². The number of ether oxygens (including phenoxy) is 1. The Bertz CT molecular complexity index is 1080. The number of hydrogen-bond donors (Lipinski definition) is 2. The quantitative estimate of drug-likeness (QED) is 0.456. The molecule has 8 heteroatoms. The minimum Gasteiger partial charge on any atom is -0.497 e. The van der Waals surface area contributed by atoms with Gasteiger partial charge in [-0.3, -0.25) is 9.59 Å². The highest BCUT2D eigenvalue weighted by atomic mass is 32.2. The molecule has 1 heterocycles. The van der Waals surface area contributed by atoms with Crippen molar-refractivity contribution in [2.45, 2.75) is 37.0 Å². The molecule has 0 unspecified atom stereocenters. The van der Waals surface area contributed by atoms with Gasteiger partial charge < -0.3 is 15.4 Å². The van der Waals surface area contributed by atoms with Crippen LogP contribution in [0.1, 0.15) is 32.1 Å². The SMILES string of the molecule is COc1ccc2nc(NC(=O)CSc3cccc(NC(=O)C4CCCCC4)c3)sc2c1. The number of nitrogens with one attached hydrogen (secondary N) is 2. The smallest absolute Gasteiger partial charge is 0.236 e. The highest BCUT2D eigenvalue weighted by Gasteiger charge is 2.21. The Morgan fingerprint density at radius 2 is 1.97 bits per heavy atom. The number of benzene rings is 2. The molecule has 4 rings (SSSR count). The highest BCUT2D eigenvalue weighted by molar-refractivity contribution is 8.00. The predicted molar refractivity (Wildman–Crippen MR) is 127 cm³/mol. The number of fused-ring (bicyclic) bond motifs is 1. The molecule has 0 radical (unpaired) electrons. The second-order valence-electron chi connectivity index (χ2n) is 7.54. The van der Waals surface area contributed by atoms with Crippen molar-refractivity contribution < 1.29 is 14.3 Å². The molecule has 0 saturated heterocycles. The average Bonchev–Trinajstić information content (AvgIpc) is 3.19. The van der Waals surface area contributed by atoms with E-state index in [4.69, 9.17) is 4.74 Å². The van der Waals surface area contributed by atoms with Gasteiger partial charge in [0, 0.05) is 16.5 Å². The van der Waals surface area contributed by atoms with Crippen LogP contribution in [0.25, 0.3) is 10.2 Å². The lowest BCUT2D eigenvalue weighted by Crippen LogP contribution is -2.24. The van der Waals surface area contributed by atoms with Crippen molar-refractivity contribution in [2.75, 3.05) is 23.5 Å². The van der Waals surface area contributed by atoms with Crippen molar-refractivity contribution in [3.05, 3.63) is 42.5 Å². The monoisotopic (exact) mass is 455 g/mol. The van der Waals surface area contributed by atoms with Crippen molar-refractivity contribution in [3.8, 4) is 5.75 Å². The van der Waals surface area contributed by atoms with Crippen LogP contribution in [0.15, 0.2) is 47.4 Å². The number of anilines is 2. The van der Waals surface area contributed by atoms with Crippen LogP contribution in [0, 0.1) is 5.92 Å². The molecule has 1 aliphatic carbocycles. The average molecular weight is 456 g/mol. The van der Waals surface area contributed by atoms with Gasteiger partial charge in [-0.25, -0.2) is 4.98 Å². The molecule has 3 aromatic rings. The standard InChI is InChI=1S/C23H25N3O3S2/c1-29-17-10-11-19-20(13-17)31-23(25-19)26-21(27)14-30-18-9-5-8-16(12-18)24-22(28)15-6-3-2-4-7-15/h5,8-13,15H,2-4,6-7,14H2,1H3,(H,24,28)(H,25,26,27). The van der Waals surface area contributed by atoms with E-state index in [-0.39, 0.29) is 23.5 Å². The zero-order valence-corrected chi connectivity index (χ0v) is 19.0. The third kappa shape index (κ3) is 5.77. The lowest BCUT2D eigenvalue weighted by molar-refractivity contribution is -0.120. The fourth-order valence-corrected chi connectivity index (χ4v) is 5.33. The summed E-state index contributed by atoms with van der Waals surface area (Å²) in [5, 5.41) is 6.47. The highest BCUT2D eigenvalue weighted by Crippen LogP contribution is 2.30. The summed E-state index contributed by atoms with van der Waals surface area (Å²) in [4.78, 5) is 30.2. The summed E-state index contributed by atoms with van der Waals surface area (Å²) < 4.78 is 6.19. The van der Waals surface area contributed by atoms with Gasteiger partial charge in [-0.1, -0.05) is 36.7 Å². The van der Waals surface area contributed by atoms with Gasteiger partial charge in [-0.15, -0.1) is 11.8 Å². The van der Waals surface area contributed by atoms with Crippen LogP contribution >= 0.6 is 23.1 Å². The molecule has 1 fully saturated rings. The number of nitrogens with zero attached hydrogens (tertiary/aromatic N) is 1. The predicted octanol–water partition coefficient (Wildman–Crippen LogP) is 5.55. The summed E-state index contributed by atoms with van der Waals surface area (Å²) in [6, 6.07) is 13.3. The number of amides is 2. The number of hydrogen-bond acceptors (Lipinski definition) is 6. The van der Waals surface area contributed by atoms with E-state index in [0.717, 1.165) is 52.2 Å². The largest absolute Gasteiger partial charge is 0.497 e. The molecule has 0 bridgehead atoms. The van der Waals surface area contributed by atoms with Crippen molar-refractivity contribution in [1.29, 1.82) is 0 Å². The minimum absolute atomic E-state index is 0.104. The molecule has 1 saturated carbocycles. The van der Waals surface area contributed by atoms with E-state index in [0.29, 0.717) is 5.13 Å². The maximum atomic E-state index is 12.5. The van der Waals surface area contributed by atoms with Crippen LogP contribution in [0.2, 0.25) is 0 Å². The first-order chi connectivity index (χ1) is 15.1. The first kappa shape index (κ1) is 21.6. The van der Waals surface area contributed by atoms with Gasteiger partial charge in [0.05, 0.1) is 23.1 Å². The van der Waals surface area contributed by atoms with E-state index < -0.39 is 0 Å². The molecule has 0 spiro atoms. The van der Waals surface area contributed by atoms with Gasteiger partial charge in [0.15, 0.2) is 5.13 Å². The third-order valence-electron chi connectivity index (χ3n) is 5.29. The fraction of sp³-hybridized carbons (Fsp3) is 0.348. The number of thioether (sulfide) groups is 1. The fourth-order valence-electron chi connectivity index (χ4n) is 3.66. The molecule has 2 aromatic carbocycles. The zero-order chi connectivity index (χ0) is 21.6. The zero-order valence-electron chi connectivity index (χ0n) is 17.3. The third-order valence-corrected chi connectivity index (χ3v) is 7.22. The number of carbonyl (C=O) groups excluding carboxylic acids is 2. The molecule has 0 aliphatic heterocycles. The Hall–Kier alpha value is -2.58. The number of rotatable bonds is 7. The summed E-state index contributed by atoms with van der Waals surface area (Å²) in [6.07, 6.45) is 5.43.